The van der Waals surface area contributed by atoms with E-state index in [9.17, 15) is 9.90 Å². The van der Waals surface area contributed by atoms with Crippen LogP contribution in [0.15, 0.2) is 36.4 Å². The molecule has 1 aromatic rings. The number of benzene rings is 1. The predicted octanol–water partition coefficient (Wildman–Crippen LogP) is 3.18. The van der Waals surface area contributed by atoms with Crippen molar-refractivity contribution in [2.24, 2.45) is 5.92 Å². The Kier molecular flexibility index (Phi) is 6.30. The molecule has 0 amide bonds. The Balaban J connectivity index is 2.63. The Hall–Kier alpha value is -1.61. The van der Waals surface area contributed by atoms with Crippen LogP contribution in [0.4, 0.5) is 0 Å². The van der Waals surface area contributed by atoms with Gasteiger partial charge < -0.3 is 5.11 Å². The van der Waals surface area contributed by atoms with Crippen LogP contribution in [0.2, 0.25) is 0 Å². The molecule has 1 rings (SSSR count). The van der Waals surface area contributed by atoms with E-state index in [0.29, 0.717) is 5.92 Å². The third-order valence-electron chi connectivity index (χ3n) is 2.84. The number of nitrogens with one attached hydrogen (secondary N) is 1. The lowest BCUT2D eigenvalue weighted by atomic mass is 10.0. The van der Waals surface area contributed by atoms with Gasteiger partial charge in [-0.05, 0) is 24.8 Å². The van der Waals surface area contributed by atoms with Crippen LogP contribution in [-0.4, -0.2) is 23.2 Å². The fraction of sp³-hybridized carbons (Fsp3) is 0.438. The molecule has 0 bridgehead atoms. The van der Waals surface area contributed by atoms with Crippen LogP contribution in [-0.2, 0) is 4.79 Å². The van der Waals surface area contributed by atoms with E-state index in [1.807, 2.05) is 43.3 Å². The Morgan fingerprint density at radius 3 is 2.42 bits per heavy atom. The van der Waals surface area contributed by atoms with Gasteiger partial charge in [-0.25, -0.2) is 0 Å². The van der Waals surface area contributed by atoms with Gasteiger partial charge in [-0.15, -0.1) is 0 Å². The zero-order chi connectivity index (χ0) is 14.3. The minimum atomic E-state index is -0.845. The molecular formula is C16H23NO2. The maximum absolute atomic E-state index is 11.2. The molecule has 19 heavy (non-hydrogen) atoms. The molecule has 0 saturated heterocycles. The van der Waals surface area contributed by atoms with Crippen LogP contribution in [0.1, 0.15) is 32.8 Å². The van der Waals surface area contributed by atoms with E-state index < -0.39 is 12.0 Å². The number of carboxylic acid groups (broad SMARTS) is 1. The second-order valence-electron chi connectivity index (χ2n) is 5.28. The van der Waals surface area contributed by atoms with Crippen LogP contribution in [0.3, 0.4) is 0 Å². The monoisotopic (exact) mass is 261 g/mol. The standard InChI is InChI=1S/C16H23NO2/c1-12(2)11-13(3)17-15(16(18)19)10-9-14-7-5-4-6-8-14/h4-10,12-13,15,17H,11H2,1-3H3,(H,18,19)/b10-9+. The first-order valence-corrected chi connectivity index (χ1v) is 6.71. The average molecular weight is 261 g/mol. The largest absolute Gasteiger partial charge is 0.480 e. The highest BCUT2D eigenvalue weighted by molar-refractivity contribution is 5.77. The lowest BCUT2D eigenvalue weighted by molar-refractivity contribution is -0.138. The maximum atomic E-state index is 11.2. The van der Waals surface area contributed by atoms with Crippen molar-refractivity contribution in [1.82, 2.24) is 5.32 Å². The van der Waals surface area contributed by atoms with Gasteiger partial charge in [0, 0.05) is 6.04 Å². The van der Waals surface area contributed by atoms with Gasteiger partial charge in [-0.2, -0.15) is 0 Å². The van der Waals surface area contributed by atoms with Crippen molar-refractivity contribution >= 4 is 12.0 Å². The molecule has 1 aromatic carbocycles. The van der Waals surface area contributed by atoms with E-state index in [1.54, 1.807) is 6.08 Å². The molecule has 2 atom stereocenters. The summed E-state index contributed by atoms with van der Waals surface area (Å²) in [6.07, 6.45) is 4.51. The highest BCUT2D eigenvalue weighted by Gasteiger charge is 2.16. The molecule has 0 radical (unpaired) electrons. The fourth-order valence-electron chi connectivity index (χ4n) is 2.06. The van der Waals surface area contributed by atoms with Gasteiger partial charge in [-0.3, -0.25) is 10.1 Å². The van der Waals surface area contributed by atoms with Crippen LogP contribution >= 0.6 is 0 Å². The van der Waals surface area contributed by atoms with Gasteiger partial charge in [0.05, 0.1) is 0 Å². The second-order valence-corrected chi connectivity index (χ2v) is 5.28. The molecule has 0 aliphatic carbocycles. The fourth-order valence-corrected chi connectivity index (χ4v) is 2.06. The minimum absolute atomic E-state index is 0.182. The quantitative estimate of drug-likeness (QED) is 0.792. The molecular weight excluding hydrogens is 238 g/mol. The molecule has 0 spiro atoms. The Morgan fingerprint density at radius 1 is 1.26 bits per heavy atom. The van der Waals surface area contributed by atoms with Gasteiger partial charge in [0.15, 0.2) is 0 Å². The molecule has 0 heterocycles. The van der Waals surface area contributed by atoms with E-state index in [4.69, 9.17) is 0 Å². The summed E-state index contributed by atoms with van der Waals surface area (Å²) in [6.45, 7) is 6.29. The molecule has 0 saturated carbocycles. The first-order chi connectivity index (χ1) is 8.99. The van der Waals surface area contributed by atoms with Crippen molar-refractivity contribution in [1.29, 1.82) is 0 Å². The summed E-state index contributed by atoms with van der Waals surface area (Å²) in [4.78, 5) is 11.2. The lowest BCUT2D eigenvalue weighted by Crippen LogP contribution is -2.41. The molecule has 0 aliphatic rings. The Labute approximate surface area is 115 Å². The normalized spacial score (nSPS) is 14.7. The highest BCUT2D eigenvalue weighted by atomic mass is 16.4. The number of rotatable bonds is 7. The zero-order valence-corrected chi connectivity index (χ0v) is 11.8. The van der Waals surface area contributed by atoms with Gasteiger partial charge >= 0.3 is 5.97 Å². The number of aliphatic carboxylic acids is 1. The summed E-state index contributed by atoms with van der Waals surface area (Å²) in [5.74, 6) is -0.294. The van der Waals surface area contributed by atoms with Gasteiger partial charge in [0.25, 0.3) is 0 Å². The third kappa shape index (κ3) is 6.20. The van der Waals surface area contributed by atoms with Crippen molar-refractivity contribution in [2.45, 2.75) is 39.3 Å². The van der Waals surface area contributed by atoms with E-state index in [2.05, 4.69) is 19.2 Å². The van der Waals surface area contributed by atoms with Crippen LogP contribution < -0.4 is 5.32 Å². The number of hydrogen-bond acceptors (Lipinski definition) is 2. The van der Waals surface area contributed by atoms with Crippen molar-refractivity contribution < 1.29 is 9.90 Å². The molecule has 0 aromatic heterocycles. The van der Waals surface area contributed by atoms with Gasteiger partial charge in [0.2, 0.25) is 0 Å². The Morgan fingerprint density at radius 2 is 1.89 bits per heavy atom. The highest BCUT2D eigenvalue weighted by Crippen LogP contribution is 2.07. The lowest BCUT2D eigenvalue weighted by Gasteiger charge is -2.19. The SMILES string of the molecule is CC(C)CC(C)NC(/C=C/c1ccccc1)C(=O)O. The van der Waals surface area contributed by atoms with Gasteiger partial charge in [-0.1, -0.05) is 56.3 Å². The first kappa shape index (κ1) is 15.4. The first-order valence-electron chi connectivity index (χ1n) is 6.71. The van der Waals surface area contributed by atoms with E-state index >= 15 is 0 Å². The van der Waals surface area contributed by atoms with E-state index in [1.165, 1.54) is 0 Å². The predicted molar refractivity (Wildman–Crippen MR) is 79.0 cm³/mol. The van der Waals surface area contributed by atoms with Crippen molar-refractivity contribution in [2.75, 3.05) is 0 Å². The van der Waals surface area contributed by atoms with Crippen LogP contribution in [0, 0.1) is 5.92 Å². The van der Waals surface area contributed by atoms with Crippen molar-refractivity contribution in [3.8, 4) is 0 Å². The maximum Gasteiger partial charge on any atom is 0.324 e. The van der Waals surface area contributed by atoms with Crippen LogP contribution in [0.25, 0.3) is 6.08 Å². The molecule has 3 nitrogen and oxygen atoms in total. The summed E-state index contributed by atoms with van der Waals surface area (Å²) in [7, 11) is 0. The topological polar surface area (TPSA) is 49.3 Å². The van der Waals surface area contributed by atoms with E-state index in [0.717, 1.165) is 12.0 Å². The number of carboxylic acids is 1. The molecule has 0 fully saturated rings. The number of carbonyl (C=O) groups is 1. The minimum Gasteiger partial charge on any atom is -0.480 e. The smallest absolute Gasteiger partial charge is 0.324 e. The molecule has 2 N–H and O–H groups in total. The van der Waals surface area contributed by atoms with Gasteiger partial charge in [0.1, 0.15) is 6.04 Å². The third-order valence-corrected chi connectivity index (χ3v) is 2.84. The summed E-state index contributed by atoms with van der Waals surface area (Å²) >= 11 is 0. The van der Waals surface area contributed by atoms with Crippen molar-refractivity contribution in [3.63, 3.8) is 0 Å². The molecule has 3 heteroatoms. The van der Waals surface area contributed by atoms with E-state index in [-0.39, 0.29) is 6.04 Å². The molecule has 0 aliphatic heterocycles. The second kappa shape index (κ2) is 7.74. The number of hydrogen-bond donors (Lipinski definition) is 2. The molecule has 104 valence electrons. The van der Waals surface area contributed by atoms with Crippen LogP contribution in [0.5, 0.6) is 0 Å². The molecule has 2 unspecified atom stereocenters. The summed E-state index contributed by atoms with van der Waals surface area (Å²) in [5, 5.41) is 12.4. The summed E-state index contributed by atoms with van der Waals surface area (Å²) < 4.78 is 0. The van der Waals surface area contributed by atoms with Crippen molar-refractivity contribution in [3.05, 3.63) is 42.0 Å². The summed E-state index contributed by atoms with van der Waals surface area (Å²) in [6, 6.07) is 9.25. The zero-order valence-electron chi connectivity index (χ0n) is 11.8. The Bertz CT molecular complexity index is 412. The summed E-state index contributed by atoms with van der Waals surface area (Å²) in [5.41, 5.74) is 1.01. The average Bonchev–Trinajstić information content (AvgIpc) is 2.34.